The third-order valence-electron chi connectivity index (χ3n) is 3.93. The van der Waals surface area contributed by atoms with E-state index in [1.807, 2.05) is 0 Å². The number of epoxide rings is 1. The van der Waals surface area contributed by atoms with E-state index in [-0.39, 0.29) is 0 Å². The Morgan fingerprint density at radius 1 is 0.722 bits per heavy atom. The van der Waals surface area contributed by atoms with Crippen molar-refractivity contribution in [1.82, 2.24) is 0 Å². The van der Waals surface area contributed by atoms with Crippen LogP contribution in [-0.4, -0.2) is 23.9 Å². The largest absolute Gasteiger partial charge is 0.396 e. The van der Waals surface area contributed by atoms with Crippen molar-refractivity contribution in [2.24, 2.45) is 0 Å². The summed E-state index contributed by atoms with van der Waals surface area (Å²) in [6, 6.07) is 0. The molecule has 1 aliphatic heterocycles. The van der Waals surface area contributed by atoms with Crippen LogP contribution in [0.1, 0.15) is 84.0 Å². The maximum absolute atomic E-state index is 8.70. The van der Waals surface area contributed by atoms with Gasteiger partial charge in [0.1, 0.15) is 0 Å². The van der Waals surface area contributed by atoms with Gasteiger partial charge in [0.15, 0.2) is 0 Å². The second-order valence-corrected chi connectivity index (χ2v) is 5.70. The molecule has 1 fully saturated rings. The smallest absolute Gasteiger partial charge is 0.0841 e. The van der Waals surface area contributed by atoms with Crippen LogP contribution in [0.4, 0.5) is 0 Å². The van der Waals surface area contributed by atoms with Crippen LogP contribution in [-0.2, 0) is 4.74 Å². The molecule has 0 bridgehead atoms. The topological polar surface area (TPSA) is 32.8 Å². The van der Waals surface area contributed by atoms with Crippen molar-refractivity contribution in [2.75, 3.05) is 6.61 Å². The minimum Gasteiger partial charge on any atom is -0.396 e. The third-order valence-corrected chi connectivity index (χ3v) is 3.93. The number of hydrogen-bond donors (Lipinski definition) is 1. The molecule has 0 amide bonds. The summed E-state index contributed by atoms with van der Waals surface area (Å²) in [4.78, 5) is 0. The van der Waals surface area contributed by atoms with Crippen LogP contribution in [0.15, 0.2) is 0 Å². The van der Waals surface area contributed by atoms with Gasteiger partial charge in [0, 0.05) is 6.61 Å². The van der Waals surface area contributed by atoms with Crippen molar-refractivity contribution in [3.63, 3.8) is 0 Å². The number of aliphatic hydroxyl groups excluding tert-OH is 1. The van der Waals surface area contributed by atoms with Crippen molar-refractivity contribution in [1.29, 1.82) is 0 Å². The fourth-order valence-electron chi connectivity index (χ4n) is 2.62. The van der Waals surface area contributed by atoms with Crippen LogP contribution in [0.3, 0.4) is 0 Å². The van der Waals surface area contributed by atoms with Gasteiger partial charge in [0.05, 0.1) is 12.2 Å². The first-order valence-electron chi connectivity index (χ1n) is 8.14. The second-order valence-electron chi connectivity index (χ2n) is 5.70. The van der Waals surface area contributed by atoms with Gasteiger partial charge in [-0.05, 0) is 25.7 Å². The van der Waals surface area contributed by atoms with Crippen LogP contribution in [0, 0.1) is 0 Å². The molecule has 0 radical (unpaired) electrons. The lowest BCUT2D eigenvalue weighted by Gasteiger charge is -2.00. The van der Waals surface area contributed by atoms with Gasteiger partial charge < -0.3 is 9.84 Å². The highest BCUT2D eigenvalue weighted by molar-refractivity contribution is 4.84. The van der Waals surface area contributed by atoms with E-state index in [4.69, 9.17) is 9.84 Å². The van der Waals surface area contributed by atoms with Crippen LogP contribution in [0.25, 0.3) is 0 Å². The molecule has 0 unspecified atom stereocenters. The highest BCUT2D eigenvalue weighted by Crippen LogP contribution is 2.31. The molecule has 1 N–H and O–H groups in total. The zero-order valence-corrected chi connectivity index (χ0v) is 12.2. The minimum absolute atomic E-state index is 0.329. The predicted molar refractivity (Wildman–Crippen MR) is 76.8 cm³/mol. The summed E-state index contributed by atoms with van der Waals surface area (Å²) < 4.78 is 5.64. The molecule has 1 heterocycles. The lowest BCUT2D eigenvalue weighted by Crippen LogP contribution is -1.95. The lowest BCUT2D eigenvalue weighted by molar-refractivity contribution is 0.278. The molecule has 0 aromatic rings. The van der Waals surface area contributed by atoms with Gasteiger partial charge in [0.25, 0.3) is 0 Å². The molecular weight excluding hydrogens is 224 g/mol. The summed E-state index contributed by atoms with van der Waals surface area (Å²) in [5.74, 6) is 0. The van der Waals surface area contributed by atoms with E-state index >= 15 is 0 Å². The SMILES string of the molecule is CCCCCCCCCC[C@@H]1O[C@@H]1CCCCO. The van der Waals surface area contributed by atoms with Crippen LogP contribution in [0.2, 0.25) is 0 Å². The zero-order valence-electron chi connectivity index (χ0n) is 12.2. The van der Waals surface area contributed by atoms with Gasteiger partial charge >= 0.3 is 0 Å². The molecule has 1 rings (SSSR count). The molecule has 2 heteroatoms. The molecule has 18 heavy (non-hydrogen) atoms. The van der Waals surface area contributed by atoms with E-state index in [2.05, 4.69) is 6.92 Å². The van der Waals surface area contributed by atoms with Crippen molar-refractivity contribution in [3.05, 3.63) is 0 Å². The molecule has 2 atom stereocenters. The van der Waals surface area contributed by atoms with Gasteiger partial charge in [-0.15, -0.1) is 0 Å². The van der Waals surface area contributed by atoms with E-state index in [9.17, 15) is 0 Å². The zero-order chi connectivity index (χ0) is 13.1. The fourth-order valence-corrected chi connectivity index (χ4v) is 2.62. The molecule has 2 nitrogen and oxygen atoms in total. The fraction of sp³-hybridized carbons (Fsp3) is 1.00. The van der Waals surface area contributed by atoms with Gasteiger partial charge in [-0.25, -0.2) is 0 Å². The van der Waals surface area contributed by atoms with Crippen LogP contribution in [0.5, 0.6) is 0 Å². The Morgan fingerprint density at radius 2 is 1.22 bits per heavy atom. The van der Waals surface area contributed by atoms with Gasteiger partial charge in [-0.3, -0.25) is 0 Å². The standard InChI is InChI=1S/C16H32O2/c1-2-3-4-5-6-7-8-9-12-15-16(18-15)13-10-11-14-17/h15-17H,2-14H2,1H3/t15-,16+/m0/s1. The highest BCUT2D eigenvalue weighted by Gasteiger charge is 2.36. The molecule has 0 saturated carbocycles. The van der Waals surface area contributed by atoms with E-state index < -0.39 is 0 Å². The maximum atomic E-state index is 8.70. The molecule has 1 saturated heterocycles. The Labute approximate surface area is 113 Å². The molecule has 0 spiro atoms. The summed E-state index contributed by atoms with van der Waals surface area (Å²) in [6.07, 6.45) is 16.7. The lowest BCUT2D eigenvalue weighted by atomic mass is 10.0. The number of hydrogen-bond acceptors (Lipinski definition) is 2. The Bertz CT molecular complexity index is 182. The third kappa shape index (κ3) is 8.10. The Kier molecular flexibility index (Phi) is 9.59. The first kappa shape index (κ1) is 16.0. The van der Waals surface area contributed by atoms with Crippen LogP contribution < -0.4 is 0 Å². The predicted octanol–water partition coefficient (Wildman–Crippen LogP) is 4.45. The molecular formula is C16H32O2. The summed E-state index contributed by atoms with van der Waals surface area (Å²) in [6.45, 7) is 2.60. The first-order valence-corrected chi connectivity index (χ1v) is 8.14. The maximum Gasteiger partial charge on any atom is 0.0841 e. The molecule has 108 valence electrons. The molecule has 0 aliphatic carbocycles. The summed E-state index contributed by atoms with van der Waals surface area (Å²) >= 11 is 0. The van der Waals surface area contributed by atoms with Crippen LogP contribution >= 0.6 is 0 Å². The molecule has 0 aromatic heterocycles. The van der Waals surface area contributed by atoms with Crippen molar-refractivity contribution in [3.8, 4) is 0 Å². The number of unbranched alkanes of at least 4 members (excludes halogenated alkanes) is 8. The second kappa shape index (κ2) is 10.8. The quantitative estimate of drug-likeness (QED) is 0.390. The van der Waals surface area contributed by atoms with E-state index in [0.29, 0.717) is 18.8 Å². The Hall–Kier alpha value is -0.0800. The Balaban J connectivity index is 1.74. The number of aliphatic hydroxyl groups is 1. The first-order chi connectivity index (χ1) is 8.88. The van der Waals surface area contributed by atoms with E-state index in [1.54, 1.807) is 0 Å². The minimum atomic E-state index is 0.329. The van der Waals surface area contributed by atoms with Gasteiger partial charge in [-0.2, -0.15) is 0 Å². The van der Waals surface area contributed by atoms with E-state index in [1.165, 1.54) is 57.8 Å². The van der Waals surface area contributed by atoms with Crippen molar-refractivity contribution in [2.45, 2.75) is 96.2 Å². The van der Waals surface area contributed by atoms with Gasteiger partial charge in [-0.1, -0.05) is 58.3 Å². The number of ether oxygens (including phenoxy) is 1. The Morgan fingerprint density at radius 3 is 1.78 bits per heavy atom. The highest BCUT2D eigenvalue weighted by atomic mass is 16.6. The van der Waals surface area contributed by atoms with Gasteiger partial charge in [0.2, 0.25) is 0 Å². The normalized spacial score (nSPS) is 22.3. The summed E-state index contributed by atoms with van der Waals surface area (Å²) in [5, 5.41) is 8.70. The summed E-state index contributed by atoms with van der Waals surface area (Å²) in [5.41, 5.74) is 0. The molecule has 1 aliphatic rings. The van der Waals surface area contributed by atoms with Crippen molar-refractivity contribution < 1.29 is 9.84 Å². The summed E-state index contributed by atoms with van der Waals surface area (Å²) in [7, 11) is 0. The average molecular weight is 256 g/mol. The number of rotatable bonds is 13. The molecule has 0 aromatic carbocycles. The van der Waals surface area contributed by atoms with Crippen molar-refractivity contribution >= 4 is 0 Å². The average Bonchev–Trinajstić information content (AvgIpc) is 3.12. The van der Waals surface area contributed by atoms with E-state index in [0.717, 1.165) is 19.3 Å². The monoisotopic (exact) mass is 256 g/mol.